The van der Waals surface area contributed by atoms with Crippen LogP contribution in [0.3, 0.4) is 0 Å². The third kappa shape index (κ3) is 3.49. The Hall–Kier alpha value is -2.82. The highest BCUT2D eigenvalue weighted by atomic mass is 16.5. The summed E-state index contributed by atoms with van der Waals surface area (Å²) in [5.74, 6) is 0.367. The highest BCUT2D eigenvalue weighted by molar-refractivity contribution is 5.98. The first-order valence-corrected chi connectivity index (χ1v) is 10.0. The van der Waals surface area contributed by atoms with E-state index in [-0.39, 0.29) is 11.5 Å². The zero-order valence-corrected chi connectivity index (χ0v) is 16.3. The lowest BCUT2D eigenvalue weighted by molar-refractivity contribution is 0.0767. The molecular formula is C23H26N2O3. The molecule has 146 valence electrons. The second-order valence-corrected chi connectivity index (χ2v) is 7.43. The topological polar surface area (TPSA) is 51.5 Å². The van der Waals surface area contributed by atoms with E-state index in [0.29, 0.717) is 30.9 Å². The molecule has 1 amide bonds. The zero-order valence-electron chi connectivity index (χ0n) is 16.3. The fraction of sp³-hybridized carbons (Fsp3) is 0.391. The summed E-state index contributed by atoms with van der Waals surface area (Å²) in [5.41, 5.74) is 3.83. The Morgan fingerprint density at radius 2 is 1.86 bits per heavy atom. The van der Waals surface area contributed by atoms with E-state index in [9.17, 15) is 9.59 Å². The summed E-state index contributed by atoms with van der Waals surface area (Å²) in [6.45, 7) is 1.92. The molecule has 0 N–H and O–H groups in total. The van der Waals surface area contributed by atoms with Gasteiger partial charge in [-0.05, 0) is 36.8 Å². The molecule has 3 heterocycles. The van der Waals surface area contributed by atoms with Crippen molar-refractivity contribution in [1.82, 2.24) is 9.47 Å². The van der Waals surface area contributed by atoms with E-state index in [1.54, 1.807) is 4.57 Å². The number of hydrogen-bond donors (Lipinski definition) is 0. The lowest BCUT2D eigenvalue weighted by atomic mass is 9.98. The van der Waals surface area contributed by atoms with Gasteiger partial charge in [0.15, 0.2) is 0 Å². The molecule has 0 radical (unpaired) electrons. The van der Waals surface area contributed by atoms with Gasteiger partial charge in [-0.3, -0.25) is 9.59 Å². The van der Waals surface area contributed by atoms with E-state index in [1.807, 2.05) is 23.1 Å². The van der Waals surface area contributed by atoms with Gasteiger partial charge in [-0.2, -0.15) is 0 Å². The van der Waals surface area contributed by atoms with Gasteiger partial charge in [0, 0.05) is 31.4 Å². The molecule has 0 bridgehead atoms. The van der Waals surface area contributed by atoms with Crippen LogP contribution in [0.25, 0.3) is 5.57 Å². The fourth-order valence-electron chi connectivity index (χ4n) is 4.23. The number of carbonyl (C=O) groups is 1. The van der Waals surface area contributed by atoms with Crippen molar-refractivity contribution in [2.75, 3.05) is 20.2 Å². The standard InChI is InChI=1S/C23H26N2O3/c1-28-20-16-21(26)25-13-7-3-6-10-19(25)22(20)23(27)24-14-11-18(12-15-24)17-8-4-2-5-9-17/h2,4-5,8-9,11,16H,3,6-7,10,12-15H2,1H3. The molecular weight excluding hydrogens is 352 g/mol. The van der Waals surface area contributed by atoms with Crippen LogP contribution >= 0.6 is 0 Å². The summed E-state index contributed by atoms with van der Waals surface area (Å²) in [5, 5.41) is 0. The Morgan fingerprint density at radius 1 is 1.04 bits per heavy atom. The molecule has 2 aliphatic rings. The second kappa shape index (κ2) is 8.05. The largest absolute Gasteiger partial charge is 0.496 e. The van der Waals surface area contributed by atoms with Gasteiger partial charge in [0.2, 0.25) is 0 Å². The van der Waals surface area contributed by atoms with E-state index in [2.05, 4.69) is 18.2 Å². The Bertz CT molecular complexity index is 960. The van der Waals surface area contributed by atoms with Crippen LogP contribution in [-0.2, 0) is 13.0 Å². The van der Waals surface area contributed by atoms with Crippen molar-refractivity contribution in [3.63, 3.8) is 0 Å². The normalized spacial score (nSPS) is 16.8. The summed E-state index contributed by atoms with van der Waals surface area (Å²) in [4.78, 5) is 27.8. The van der Waals surface area contributed by atoms with Gasteiger partial charge in [0.25, 0.3) is 11.5 Å². The van der Waals surface area contributed by atoms with Crippen molar-refractivity contribution in [3.8, 4) is 5.75 Å². The average molecular weight is 378 g/mol. The van der Waals surface area contributed by atoms with Crippen molar-refractivity contribution >= 4 is 11.5 Å². The lowest BCUT2D eigenvalue weighted by Crippen LogP contribution is -2.37. The Balaban J connectivity index is 1.65. The van der Waals surface area contributed by atoms with Crippen LogP contribution in [0, 0.1) is 0 Å². The van der Waals surface area contributed by atoms with Gasteiger partial charge in [0.05, 0.1) is 7.11 Å². The van der Waals surface area contributed by atoms with E-state index in [1.165, 1.54) is 24.3 Å². The number of amides is 1. The first-order chi connectivity index (χ1) is 13.7. The maximum atomic E-state index is 13.4. The van der Waals surface area contributed by atoms with Crippen LogP contribution in [0.5, 0.6) is 5.75 Å². The van der Waals surface area contributed by atoms with Crippen LogP contribution in [0.1, 0.15) is 47.3 Å². The molecule has 2 aromatic rings. The van der Waals surface area contributed by atoms with Crippen molar-refractivity contribution in [3.05, 3.63) is 69.6 Å². The molecule has 1 aromatic heterocycles. The number of aromatic nitrogens is 1. The van der Waals surface area contributed by atoms with Crippen LogP contribution < -0.4 is 10.3 Å². The smallest absolute Gasteiger partial charge is 0.259 e. The SMILES string of the molecule is COc1cc(=O)n2c(c1C(=O)N1CC=C(c3ccccc3)CC1)CCCCC2. The van der Waals surface area contributed by atoms with E-state index >= 15 is 0 Å². The summed E-state index contributed by atoms with van der Waals surface area (Å²) >= 11 is 0. The minimum Gasteiger partial charge on any atom is -0.496 e. The third-order valence-electron chi connectivity index (χ3n) is 5.75. The zero-order chi connectivity index (χ0) is 19.5. The van der Waals surface area contributed by atoms with E-state index in [0.717, 1.165) is 37.8 Å². The van der Waals surface area contributed by atoms with Crippen molar-refractivity contribution in [2.24, 2.45) is 0 Å². The van der Waals surface area contributed by atoms with E-state index < -0.39 is 0 Å². The predicted molar refractivity (Wildman–Crippen MR) is 110 cm³/mol. The summed E-state index contributed by atoms with van der Waals surface area (Å²) < 4.78 is 7.23. The van der Waals surface area contributed by atoms with Crippen molar-refractivity contribution < 1.29 is 9.53 Å². The number of nitrogens with zero attached hydrogens (tertiary/aromatic N) is 2. The molecule has 28 heavy (non-hydrogen) atoms. The third-order valence-corrected chi connectivity index (χ3v) is 5.75. The predicted octanol–water partition coefficient (Wildman–Crippen LogP) is 3.51. The molecule has 1 aromatic carbocycles. The first kappa shape index (κ1) is 18.5. The van der Waals surface area contributed by atoms with Gasteiger partial charge < -0.3 is 14.2 Å². The average Bonchev–Trinajstić information content (AvgIpc) is 3.00. The maximum Gasteiger partial charge on any atom is 0.259 e. The number of carbonyl (C=O) groups excluding carboxylic acids is 1. The molecule has 0 fully saturated rings. The Labute approximate surface area is 165 Å². The van der Waals surface area contributed by atoms with Crippen LogP contribution in [0.2, 0.25) is 0 Å². The minimum atomic E-state index is -0.0739. The molecule has 5 nitrogen and oxygen atoms in total. The molecule has 0 spiro atoms. The molecule has 0 saturated heterocycles. The monoisotopic (exact) mass is 378 g/mol. The summed E-state index contributed by atoms with van der Waals surface area (Å²) in [6.07, 6.45) is 6.74. The molecule has 2 aliphatic heterocycles. The maximum absolute atomic E-state index is 13.4. The number of benzene rings is 1. The number of rotatable bonds is 3. The Morgan fingerprint density at radius 3 is 2.57 bits per heavy atom. The van der Waals surface area contributed by atoms with E-state index in [4.69, 9.17) is 4.74 Å². The van der Waals surface area contributed by atoms with Gasteiger partial charge >= 0.3 is 0 Å². The number of fused-ring (bicyclic) bond motifs is 1. The molecule has 4 rings (SSSR count). The molecule has 0 atom stereocenters. The number of hydrogen-bond acceptors (Lipinski definition) is 3. The number of methoxy groups -OCH3 is 1. The first-order valence-electron chi connectivity index (χ1n) is 10.0. The molecule has 5 heteroatoms. The van der Waals surface area contributed by atoms with Crippen LogP contribution in [0.15, 0.2) is 47.3 Å². The summed E-state index contributed by atoms with van der Waals surface area (Å²) in [6, 6.07) is 11.8. The molecule has 0 unspecified atom stereocenters. The minimum absolute atomic E-state index is 0.0362. The van der Waals surface area contributed by atoms with Crippen molar-refractivity contribution in [1.29, 1.82) is 0 Å². The number of ether oxygens (including phenoxy) is 1. The lowest BCUT2D eigenvalue weighted by Gasteiger charge is -2.28. The van der Waals surface area contributed by atoms with Gasteiger partial charge in [-0.15, -0.1) is 0 Å². The van der Waals surface area contributed by atoms with Gasteiger partial charge in [-0.25, -0.2) is 0 Å². The highest BCUT2D eigenvalue weighted by Gasteiger charge is 2.28. The Kier molecular flexibility index (Phi) is 5.33. The highest BCUT2D eigenvalue weighted by Crippen LogP contribution is 2.28. The van der Waals surface area contributed by atoms with Gasteiger partial charge in [-0.1, -0.05) is 42.8 Å². The quantitative estimate of drug-likeness (QED) is 0.821. The van der Waals surface area contributed by atoms with Crippen molar-refractivity contribution in [2.45, 2.75) is 38.6 Å². The fourth-order valence-corrected chi connectivity index (χ4v) is 4.23. The van der Waals surface area contributed by atoms with Crippen LogP contribution in [-0.4, -0.2) is 35.6 Å². The van der Waals surface area contributed by atoms with Crippen LogP contribution in [0.4, 0.5) is 0 Å². The van der Waals surface area contributed by atoms with Gasteiger partial charge in [0.1, 0.15) is 11.3 Å². The molecule has 0 aliphatic carbocycles. The summed E-state index contributed by atoms with van der Waals surface area (Å²) in [7, 11) is 1.53. The number of pyridine rings is 1. The second-order valence-electron chi connectivity index (χ2n) is 7.43. The molecule has 0 saturated carbocycles.